The van der Waals surface area contributed by atoms with Gasteiger partial charge in [0.05, 0.1) is 19.1 Å². The van der Waals surface area contributed by atoms with Crippen molar-refractivity contribution in [3.8, 4) is 5.75 Å². The zero-order valence-electron chi connectivity index (χ0n) is 13.2. The van der Waals surface area contributed by atoms with Gasteiger partial charge in [-0.2, -0.15) is 0 Å². The van der Waals surface area contributed by atoms with Gasteiger partial charge in [-0.25, -0.2) is 18.4 Å². The zero-order valence-corrected chi connectivity index (χ0v) is 14.0. The second kappa shape index (κ2) is 8.17. The van der Waals surface area contributed by atoms with Crippen LogP contribution < -0.4 is 10.1 Å². The van der Waals surface area contributed by atoms with Crippen molar-refractivity contribution in [1.29, 1.82) is 0 Å². The molecule has 0 bridgehead atoms. The number of unbranched alkanes of at least 4 members (excludes halogenated alkanes) is 1. The van der Waals surface area contributed by atoms with Crippen LogP contribution in [-0.2, 0) is 9.84 Å². The largest absolute Gasteiger partial charge is 0.491 e. The molecule has 1 aromatic rings. The zero-order chi connectivity index (χ0) is 15.9. The lowest BCUT2D eigenvalue weighted by Gasteiger charge is -2.20. The molecule has 0 aromatic carbocycles. The maximum absolute atomic E-state index is 11.4. The van der Waals surface area contributed by atoms with Crippen LogP contribution >= 0.6 is 0 Å². The maximum atomic E-state index is 11.4. The molecule has 1 rings (SSSR count). The third-order valence-electron chi connectivity index (χ3n) is 3.18. The summed E-state index contributed by atoms with van der Waals surface area (Å²) in [6.07, 6.45) is 6.45. The van der Waals surface area contributed by atoms with Crippen molar-refractivity contribution >= 4 is 15.7 Å². The highest BCUT2D eigenvalue weighted by Gasteiger charge is 2.15. The van der Waals surface area contributed by atoms with Gasteiger partial charge in [0.2, 0.25) is 0 Å². The van der Waals surface area contributed by atoms with E-state index in [4.69, 9.17) is 4.74 Å². The quantitative estimate of drug-likeness (QED) is 0.752. The van der Waals surface area contributed by atoms with Crippen LogP contribution in [0.2, 0.25) is 0 Å². The first-order valence-electron chi connectivity index (χ1n) is 7.17. The van der Waals surface area contributed by atoms with Gasteiger partial charge >= 0.3 is 0 Å². The van der Waals surface area contributed by atoms with Gasteiger partial charge in [0, 0.05) is 12.3 Å². The minimum Gasteiger partial charge on any atom is -0.491 e. The van der Waals surface area contributed by atoms with Crippen molar-refractivity contribution in [1.82, 2.24) is 9.97 Å². The number of anilines is 1. The molecule has 1 atom stereocenters. The summed E-state index contributed by atoms with van der Waals surface area (Å²) in [5.41, 5.74) is 0. The number of methoxy groups -OCH3 is 1. The number of rotatable bonds is 9. The Balaban J connectivity index is 2.82. The number of nitrogens with zero attached hydrogens (tertiary/aromatic N) is 2. The lowest BCUT2D eigenvalue weighted by Crippen LogP contribution is -2.24. The first kappa shape index (κ1) is 17.7. The van der Waals surface area contributed by atoms with Crippen LogP contribution in [0.5, 0.6) is 5.75 Å². The second-order valence-electron chi connectivity index (χ2n) is 5.24. The molecule has 6 nitrogen and oxygen atoms in total. The third-order valence-corrected chi connectivity index (χ3v) is 4.16. The van der Waals surface area contributed by atoms with Gasteiger partial charge in [-0.15, -0.1) is 0 Å². The van der Waals surface area contributed by atoms with Gasteiger partial charge < -0.3 is 10.1 Å². The van der Waals surface area contributed by atoms with Crippen LogP contribution in [0.25, 0.3) is 0 Å². The van der Waals surface area contributed by atoms with E-state index in [0.717, 1.165) is 19.3 Å². The fraction of sp³-hybridized carbons (Fsp3) is 0.714. The topological polar surface area (TPSA) is 81.2 Å². The molecule has 7 heteroatoms. The molecule has 21 heavy (non-hydrogen) atoms. The second-order valence-corrected chi connectivity index (χ2v) is 7.50. The molecule has 0 saturated heterocycles. The van der Waals surface area contributed by atoms with Gasteiger partial charge in [0.1, 0.15) is 15.7 Å². The lowest BCUT2D eigenvalue weighted by atomic mass is 10.1. The number of aromatic nitrogens is 2. The van der Waals surface area contributed by atoms with Crippen molar-refractivity contribution in [3.63, 3.8) is 0 Å². The van der Waals surface area contributed by atoms with E-state index < -0.39 is 9.84 Å². The van der Waals surface area contributed by atoms with E-state index in [-0.39, 0.29) is 11.8 Å². The van der Waals surface area contributed by atoms with Gasteiger partial charge in [0.25, 0.3) is 0 Å². The smallest absolute Gasteiger partial charge is 0.179 e. The Morgan fingerprint density at radius 1 is 1.38 bits per heavy atom. The lowest BCUT2D eigenvalue weighted by molar-refractivity contribution is 0.411. The first-order chi connectivity index (χ1) is 9.85. The highest BCUT2D eigenvalue weighted by atomic mass is 32.2. The summed E-state index contributed by atoms with van der Waals surface area (Å²) in [6, 6.07) is 0.0582. The molecule has 0 amide bonds. The van der Waals surface area contributed by atoms with Crippen molar-refractivity contribution in [3.05, 3.63) is 12.0 Å². The third kappa shape index (κ3) is 6.75. The Bertz CT molecular complexity index is 546. The van der Waals surface area contributed by atoms with Crippen molar-refractivity contribution in [2.75, 3.05) is 24.4 Å². The Hall–Kier alpha value is -1.37. The number of sulfone groups is 1. The van der Waals surface area contributed by atoms with Crippen LogP contribution in [0.1, 0.15) is 38.4 Å². The molecule has 0 unspecified atom stereocenters. The summed E-state index contributed by atoms with van der Waals surface area (Å²) in [6.45, 7) is 3.92. The Morgan fingerprint density at radius 2 is 2.10 bits per heavy atom. The molecule has 0 fully saturated rings. The predicted octanol–water partition coefficient (Wildman–Crippen LogP) is 2.20. The highest BCUT2D eigenvalue weighted by Crippen LogP contribution is 2.23. The Labute approximate surface area is 127 Å². The maximum Gasteiger partial charge on any atom is 0.179 e. The number of hydrogen-bond acceptors (Lipinski definition) is 6. The fourth-order valence-electron chi connectivity index (χ4n) is 2.00. The van der Waals surface area contributed by atoms with Crippen LogP contribution in [0.3, 0.4) is 0 Å². The van der Waals surface area contributed by atoms with Crippen molar-refractivity contribution in [2.24, 2.45) is 0 Å². The minimum atomic E-state index is -2.96. The highest BCUT2D eigenvalue weighted by molar-refractivity contribution is 7.90. The molecular weight excluding hydrogens is 290 g/mol. The molecule has 0 radical (unpaired) electrons. The van der Waals surface area contributed by atoms with Crippen molar-refractivity contribution < 1.29 is 13.2 Å². The molecule has 120 valence electrons. The van der Waals surface area contributed by atoms with E-state index in [1.807, 2.05) is 6.92 Å². The van der Waals surface area contributed by atoms with Crippen LogP contribution in [0.15, 0.2) is 6.20 Å². The van der Waals surface area contributed by atoms with E-state index in [0.29, 0.717) is 23.8 Å². The summed E-state index contributed by atoms with van der Waals surface area (Å²) in [5.74, 6) is 2.01. The van der Waals surface area contributed by atoms with Gasteiger partial charge in [-0.1, -0.05) is 19.8 Å². The molecule has 0 aliphatic carbocycles. The summed E-state index contributed by atoms with van der Waals surface area (Å²) < 4.78 is 28.0. The van der Waals surface area contributed by atoms with Gasteiger partial charge in [-0.05, 0) is 19.8 Å². The average Bonchev–Trinajstić information content (AvgIpc) is 2.41. The molecule has 0 saturated carbocycles. The van der Waals surface area contributed by atoms with E-state index in [9.17, 15) is 8.42 Å². The molecule has 0 spiro atoms. The van der Waals surface area contributed by atoms with Gasteiger partial charge in [-0.3, -0.25) is 0 Å². The average molecular weight is 315 g/mol. The number of nitrogens with one attached hydrogen (secondary N) is 1. The Morgan fingerprint density at radius 3 is 2.67 bits per heavy atom. The van der Waals surface area contributed by atoms with E-state index in [2.05, 4.69) is 22.2 Å². The number of ether oxygens (including phenoxy) is 1. The SMILES string of the molecule is CCCC[C@@H](CCS(C)(=O)=O)Nc1nc(C)ncc1OC. The number of hydrogen-bond donors (Lipinski definition) is 1. The van der Waals surface area contributed by atoms with Crippen LogP contribution in [0.4, 0.5) is 5.82 Å². The van der Waals surface area contributed by atoms with E-state index in [1.54, 1.807) is 13.3 Å². The molecule has 0 aliphatic rings. The van der Waals surface area contributed by atoms with E-state index in [1.165, 1.54) is 6.26 Å². The number of aryl methyl sites for hydroxylation is 1. The molecule has 1 heterocycles. The van der Waals surface area contributed by atoms with E-state index >= 15 is 0 Å². The summed E-state index contributed by atoms with van der Waals surface area (Å²) >= 11 is 0. The molecule has 1 N–H and O–H groups in total. The van der Waals surface area contributed by atoms with Gasteiger partial charge in [0.15, 0.2) is 11.6 Å². The Kier molecular flexibility index (Phi) is 6.87. The first-order valence-corrected chi connectivity index (χ1v) is 9.23. The standard InChI is InChI=1S/C14H25N3O3S/c1-5-6-7-12(8-9-21(4,18)19)17-14-13(20-3)10-15-11(2)16-14/h10,12H,5-9H2,1-4H3,(H,15,16,17)/t12-/m0/s1. The summed E-state index contributed by atoms with van der Waals surface area (Å²) in [5, 5.41) is 3.31. The fourth-order valence-corrected chi connectivity index (χ4v) is 2.71. The molecule has 0 aliphatic heterocycles. The molecular formula is C14H25N3O3S. The molecule has 1 aromatic heterocycles. The summed E-state index contributed by atoms with van der Waals surface area (Å²) in [7, 11) is -1.40. The van der Waals surface area contributed by atoms with Crippen LogP contribution in [0, 0.1) is 6.92 Å². The normalized spacial score (nSPS) is 13.0. The minimum absolute atomic E-state index is 0.0582. The summed E-state index contributed by atoms with van der Waals surface area (Å²) in [4.78, 5) is 8.43. The predicted molar refractivity (Wildman–Crippen MR) is 84.6 cm³/mol. The van der Waals surface area contributed by atoms with Crippen LogP contribution in [-0.4, -0.2) is 43.5 Å². The van der Waals surface area contributed by atoms with Crippen molar-refractivity contribution in [2.45, 2.75) is 45.6 Å². The monoisotopic (exact) mass is 315 g/mol.